The Morgan fingerprint density at radius 1 is 1.04 bits per heavy atom. The fourth-order valence-electron chi connectivity index (χ4n) is 2.19. The molecule has 0 unspecified atom stereocenters. The van der Waals surface area contributed by atoms with Crippen LogP contribution in [0, 0.1) is 0 Å². The van der Waals surface area contributed by atoms with E-state index < -0.39 is 15.9 Å². The summed E-state index contributed by atoms with van der Waals surface area (Å²) >= 11 is 0. The van der Waals surface area contributed by atoms with Gasteiger partial charge in [-0.15, -0.1) is 0 Å². The van der Waals surface area contributed by atoms with E-state index in [0.29, 0.717) is 16.9 Å². The van der Waals surface area contributed by atoms with Crippen LogP contribution >= 0.6 is 0 Å². The second-order valence-corrected chi connectivity index (χ2v) is 7.74. The molecule has 0 aliphatic heterocycles. The highest BCUT2D eigenvalue weighted by molar-refractivity contribution is 7.91. The Bertz CT molecular complexity index is 890. The van der Waals surface area contributed by atoms with Crippen LogP contribution < -0.4 is 10.2 Å². The summed E-state index contributed by atoms with van der Waals surface area (Å²) in [6.07, 6.45) is -0.496. The van der Waals surface area contributed by atoms with Gasteiger partial charge in [0.15, 0.2) is 9.84 Å². The molecule has 1 N–H and O–H groups in total. The molecule has 2 amide bonds. The number of carbonyl (C=O) groups excluding carboxylic acids is 2. The monoisotopic (exact) mass is 376 g/mol. The number of amides is 2. The largest absolute Gasteiger partial charge is 0.452 e. The lowest BCUT2D eigenvalue weighted by atomic mass is 10.2. The van der Waals surface area contributed by atoms with E-state index in [2.05, 4.69) is 10.1 Å². The fourth-order valence-corrected chi connectivity index (χ4v) is 3.08. The Morgan fingerprint density at radius 2 is 1.62 bits per heavy atom. The molecule has 2 aromatic rings. The normalized spacial score (nSPS) is 10.9. The Balaban J connectivity index is 2.09. The minimum Gasteiger partial charge on any atom is -0.452 e. The number of nitrogens with zero attached hydrogens (tertiary/aromatic N) is 1. The summed E-state index contributed by atoms with van der Waals surface area (Å²) in [6.45, 7) is 1.57. The number of ether oxygens (including phenoxy) is 1. The van der Waals surface area contributed by atoms with Crippen LogP contribution in [-0.4, -0.2) is 40.3 Å². The molecule has 0 atom stereocenters. The Kier molecular flexibility index (Phi) is 5.99. The number of anilines is 2. The van der Waals surface area contributed by atoms with Crippen LogP contribution in [0.15, 0.2) is 53.4 Å². The Morgan fingerprint density at radius 3 is 2.12 bits per heavy atom. The van der Waals surface area contributed by atoms with Crippen LogP contribution in [0.5, 0.6) is 0 Å². The molecule has 0 saturated heterocycles. The van der Waals surface area contributed by atoms with Crippen molar-refractivity contribution in [3.8, 4) is 0 Å². The Hall–Kier alpha value is -2.87. The molecule has 0 fully saturated rings. The number of sulfone groups is 1. The van der Waals surface area contributed by atoms with Gasteiger partial charge in [0.1, 0.15) is 0 Å². The predicted molar refractivity (Wildman–Crippen MR) is 99.4 cm³/mol. The molecule has 2 rings (SSSR count). The molecule has 7 nitrogen and oxygen atoms in total. The van der Waals surface area contributed by atoms with E-state index in [1.54, 1.807) is 38.2 Å². The molecule has 8 heteroatoms. The van der Waals surface area contributed by atoms with Gasteiger partial charge in [0.25, 0.3) is 5.91 Å². The second-order valence-electron chi connectivity index (χ2n) is 5.46. The van der Waals surface area contributed by atoms with Gasteiger partial charge in [0, 0.05) is 24.0 Å². The summed E-state index contributed by atoms with van der Waals surface area (Å²) < 4.78 is 28.2. The molecule has 2 aromatic carbocycles. The van der Waals surface area contributed by atoms with E-state index in [1.807, 2.05) is 0 Å². The molecular formula is C18H20N2O5S. The topological polar surface area (TPSA) is 92.8 Å². The zero-order valence-corrected chi connectivity index (χ0v) is 15.5. The number of methoxy groups -OCH3 is 1. The summed E-state index contributed by atoms with van der Waals surface area (Å²) in [5, 5.41) is 2.72. The first-order valence-electron chi connectivity index (χ1n) is 7.84. The first-order valence-corrected chi connectivity index (χ1v) is 9.49. The fraction of sp³-hybridized carbons (Fsp3) is 0.222. The first kappa shape index (κ1) is 19.5. The second kappa shape index (κ2) is 8.01. The lowest BCUT2D eigenvalue weighted by Crippen LogP contribution is -2.25. The number of benzene rings is 2. The van der Waals surface area contributed by atoms with E-state index in [9.17, 15) is 18.0 Å². The van der Waals surface area contributed by atoms with E-state index >= 15 is 0 Å². The zero-order chi connectivity index (χ0) is 19.3. The number of carbonyl (C=O) groups is 2. The average molecular weight is 376 g/mol. The van der Waals surface area contributed by atoms with Gasteiger partial charge in [-0.3, -0.25) is 9.69 Å². The number of hydrogen-bond acceptors (Lipinski definition) is 5. The van der Waals surface area contributed by atoms with Crippen molar-refractivity contribution in [3.05, 3.63) is 54.1 Å². The minimum atomic E-state index is -3.30. The molecule has 0 aromatic heterocycles. The van der Waals surface area contributed by atoms with Crippen LogP contribution in [-0.2, 0) is 14.6 Å². The highest BCUT2D eigenvalue weighted by Gasteiger charge is 2.14. The molecule has 0 radical (unpaired) electrons. The lowest BCUT2D eigenvalue weighted by molar-refractivity contribution is 0.102. The highest BCUT2D eigenvalue weighted by Crippen LogP contribution is 2.19. The smallest absolute Gasteiger partial charge is 0.413 e. The molecule has 26 heavy (non-hydrogen) atoms. The maximum absolute atomic E-state index is 12.3. The SMILES string of the molecule is CCS(=O)(=O)c1ccc(C(=O)Nc2ccc(N(C)C(=O)OC)cc2)cc1. The van der Waals surface area contributed by atoms with Crippen LogP contribution in [0.25, 0.3) is 0 Å². The van der Waals surface area contributed by atoms with Crippen LogP contribution in [0.2, 0.25) is 0 Å². The first-order chi connectivity index (χ1) is 12.3. The molecule has 0 bridgehead atoms. The molecule has 0 aliphatic carbocycles. The summed E-state index contributed by atoms with van der Waals surface area (Å²) in [6, 6.07) is 12.4. The van der Waals surface area contributed by atoms with Gasteiger partial charge in [-0.2, -0.15) is 0 Å². The minimum absolute atomic E-state index is 0.00487. The van der Waals surface area contributed by atoms with E-state index in [0.717, 1.165) is 0 Å². The van der Waals surface area contributed by atoms with Crippen molar-refractivity contribution >= 4 is 33.2 Å². The third kappa shape index (κ3) is 4.40. The highest BCUT2D eigenvalue weighted by atomic mass is 32.2. The predicted octanol–water partition coefficient (Wildman–Crippen LogP) is 2.94. The van der Waals surface area contributed by atoms with Gasteiger partial charge in [-0.1, -0.05) is 6.92 Å². The van der Waals surface area contributed by atoms with Crippen LogP contribution in [0.4, 0.5) is 16.2 Å². The van der Waals surface area contributed by atoms with Crippen molar-refractivity contribution in [2.75, 3.05) is 30.1 Å². The summed E-state index contributed by atoms with van der Waals surface area (Å²) in [5.74, 6) is -0.357. The van der Waals surface area contributed by atoms with Gasteiger partial charge in [0.2, 0.25) is 0 Å². The van der Waals surface area contributed by atoms with Gasteiger partial charge in [-0.05, 0) is 48.5 Å². The van der Waals surface area contributed by atoms with E-state index in [-0.39, 0.29) is 16.6 Å². The van der Waals surface area contributed by atoms with Crippen LogP contribution in [0.3, 0.4) is 0 Å². The standard InChI is InChI=1S/C18H20N2O5S/c1-4-26(23,24)16-11-5-13(6-12-16)17(21)19-14-7-9-15(10-8-14)20(2)18(22)25-3/h5-12H,4H2,1-3H3,(H,19,21). The maximum Gasteiger partial charge on any atom is 0.413 e. The maximum atomic E-state index is 12.3. The van der Waals surface area contributed by atoms with Crippen LogP contribution in [0.1, 0.15) is 17.3 Å². The number of nitrogens with one attached hydrogen (secondary N) is 1. The van der Waals surface area contributed by atoms with E-state index in [1.165, 1.54) is 36.3 Å². The Labute approximate surface area is 152 Å². The number of hydrogen-bond donors (Lipinski definition) is 1. The molecule has 0 saturated carbocycles. The summed E-state index contributed by atoms with van der Waals surface area (Å²) in [5.41, 5.74) is 1.50. The summed E-state index contributed by atoms with van der Waals surface area (Å²) in [7, 11) is -0.425. The third-order valence-corrected chi connectivity index (χ3v) is 5.57. The summed E-state index contributed by atoms with van der Waals surface area (Å²) in [4.78, 5) is 25.3. The van der Waals surface area contributed by atoms with Gasteiger partial charge in [-0.25, -0.2) is 13.2 Å². The molecule has 0 aliphatic rings. The van der Waals surface area contributed by atoms with Gasteiger partial charge in [0.05, 0.1) is 17.8 Å². The lowest BCUT2D eigenvalue weighted by Gasteiger charge is -2.16. The van der Waals surface area contributed by atoms with Crippen molar-refractivity contribution in [3.63, 3.8) is 0 Å². The van der Waals surface area contributed by atoms with Gasteiger partial charge >= 0.3 is 6.09 Å². The molecule has 138 valence electrons. The van der Waals surface area contributed by atoms with Crippen molar-refractivity contribution < 1.29 is 22.7 Å². The van der Waals surface area contributed by atoms with Crippen molar-refractivity contribution in [1.29, 1.82) is 0 Å². The molecule has 0 heterocycles. The average Bonchev–Trinajstić information content (AvgIpc) is 2.67. The number of rotatable bonds is 5. The third-order valence-electron chi connectivity index (χ3n) is 3.82. The van der Waals surface area contributed by atoms with Crippen molar-refractivity contribution in [2.45, 2.75) is 11.8 Å². The molecule has 0 spiro atoms. The van der Waals surface area contributed by atoms with Gasteiger partial charge < -0.3 is 10.1 Å². The molecular weight excluding hydrogens is 356 g/mol. The van der Waals surface area contributed by atoms with E-state index in [4.69, 9.17) is 0 Å². The quantitative estimate of drug-likeness (QED) is 0.866. The van der Waals surface area contributed by atoms with Crippen molar-refractivity contribution in [2.24, 2.45) is 0 Å². The van der Waals surface area contributed by atoms with Crippen molar-refractivity contribution in [1.82, 2.24) is 0 Å². The zero-order valence-electron chi connectivity index (χ0n) is 14.7.